The summed E-state index contributed by atoms with van der Waals surface area (Å²) in [6, 6.07) is 0.903. The number of nitrogens with zero attached hydrogens (tertiary/aromatic N) is 5. The molecule has 3 fully saturated rings. The molecule has 2 aliphatic heterocycles. The molecular weight excluding hydrogens is 500 g/mol. The first kappa shape index (κ1) is 22.5. The SMILES string of the molecule is CN(C)CC1(COc2nc(N3CC4CCC(C3)N4C(=O)O)c3cc(F)c(Br)c(F)c3n2)CC1. The highest BCUT2D eigenvalue weighted by Crippen LogP contribution is 2.46. The number of carboxylic acid groups (broad SMARTS) is 1. The Hall–Kier alpha value is -2.27. The second-order valence-electron chi connectivity index (χ2n) is 9.72. The Kier molecular flexibility index (Phi) is 5.59. The van der Waals surface area contributed by atoms with E-state index in [9.17, 15) is 14.3 Å². The third-order valence-corrected chi connectivity index (χ3v) is 7.63. The van der Waals surface area contributed by atoms with E-state index in [-0.39, 0.29) is 38.9 Å². The van der Waals surface area contributed by atoms with Crippen LogP contribution in [0.1, 0.15) is 25.7 Å². The van der Waals surface area contributed by atoms with E-state index in [1.165, 1.54) is 11.0 Å². The van der Waals surface area contributed by atoms with Crippen molar-refractivity contribution in [2.75, 3.05) is 45.2 Å². The van der Waals surface area contributed by atoms with Crippen molar-refractivity contribution in [1.29, 1.82) is 0 Å². The summed E-state index contributed by atoms with van der Waals surface area (Å²) in [5.41, 5.74) is 0.0181. The highest BCUT2D eigenvalue weighted by Gasteiger charge is 2.45. The molecule has 2 unspecified atom stereocenters. The minimum absolute atomic E-state index is 0.0197. The summed E-state index contributed by atoms with van der Waals surface area (Å²) in [5.74, 6) is -1.17. The second kappa shape index (κ2) is 8.19. The van der Waals surface area contributed by atoms with Crippen LogP contribution < -0.4 is 9.64 Å². The highest BCUT2D eigenvalue weighted by atomic mass is 79.9. The molecule has 3 aliphatic rings. The number of rotatable bonds is 6. The number of benzene rings is 1. The zero-order chi connectivity index (χ0) is 23.5. The number of ether oxygens (including phenoxy) is 1. The van der Waals surface area contributed by atoms with Crippen LogP contribution in [0, 0.1) is 17.0 Å². The van der Waals surface area contributed by atoms with E-state index in [0.29, 0.717) is 25.5 Å². The number of carbonyl (C=O) groups is 1. The predicted octanol–water partition coefficient (Wildman–Crippen LogP) is 3.72. The van der Waals surface area contributed by atoms with Crippen molar-refractivity contribution >= 4 is 38.7 Å². The van der Waals surface area contributed by atoms with Crippen LogP contribution in [0.5, 0.6) is 6.01 Å². The maximum Gasteiger partial charge on any atom is 0.407 e. The summed E-state index contributed by atoms with van der Waals surface area (Å²) in [6.45, 7) is 2.09. The molecule has 33 heavy (non-hydrogen) atoms. The molecule has 2 bridgehead atoms. The molecule has 2 saturated heterocycles. The summed E-state index contributed by atoms with van der Waals surface area (Å²) in [6.07, 6.45) is 2.65. The minimum atomic E-state index is -0.935. The monoisotopic (exact) mass is 525 g/mol. The van der Waals surface area contributed by atoms with E-state index in [2.05, 4.69) is 30.8 Å². The normalized spacial score (nSPS) is 23.5. The Bertz CT molecular complexity index is 1100. The Morgan fingerprint density at radius 2 is 1.94 bits per heavy atom. The lowest BCUT2D eigenvalue weighted by atomic mass is 10.1. The molecule has 1 aromatic carbocycles. The van der Waals surface area contributed by atoms with E-state index in [0.717, 1.165) is 32.2 Å². The van der Waals surface area contributed by atoms with Crippen LogP contribution in [0.25, 0.3) is 10.9 Å². The summed E-state index contributed by atoms with van der Waals surface area (Å²) >= 11 is 2.96. The standard InChI is InChI=1S/C22H26BrF2N5O3/c1-28(2)10-22(5-6-22)11-33-20-26-18-14(7-15(24)16(23)17(18)25)19(27-20)29-8-12-3-4-13(9-29)30(12)21(31)32/h7,12-13H,3-6,8-11H2,1-2H3,(H,31,32). The fourth-order valence-corrected chi connectivity index (χ4v) is 5.55. The van der Waals surface area contributed by atoms with Crippen molar-refractivity contribution in [2.24, 2.45) is 5.41 Å². The smallest absolute Gasteiger partial charge is 0.407 e. The van der Waals surface area contributed by atoms with E-state index in [4.69, 9.17) is 4.74 Å². The number of piperazine rings is 1. The zero-order valence-electron chi connectivity index (χ0n) is 18.5. The first-order valence-corrected chi connectivity index (χ1v) is 11.9. The van der Waals surface area contributed by atoms with Crippen molar-refractivity contribution in [3.63, 3.8) is 0 Å². The Morgan fingerprint density at radius 1 is 1.27 bits per heavy atom. The van der Waals surface area contributed by atoms with Crippen LogP contribution in [0.4, 0.5) is 19.4 Å². The van der Waals surface area contributed by atoms with Gasteiger partial charge in [-0.25, -0.2) is 13.6 Å². The average Bonchev–Trinajstić information content (AvgIpc) is 3.46. The molecule has 3 heterocycles. The van der Waals surface area contributed by atoms with Crippen LogP contribution in [0.15, 0.2) is 10.5 Å². The lowest BCUT2D eigenvalue weighted by Gasteiger charge is -2.40. The van der Waals surface area contributed by atoms with Gasteiger partial charge < -0.3 is 19.6 Å². The number of hydrogen-bond acceptors (Lipinski definition) is 6. The van der Waals surface area contributed by atoms with Gasteiger partial charge in [-0.3, -0.25) is 4.90 Å². The van der Waals surface area contributed by atoms with Crippen molar-refractivity contribution in [1.82, 2.24) is 19.8 Å². The van der Waals surface area contributed by atoms with Gasteiger partial charge in [0.05, 0.1) is 23.2 Å². The van der Waals surface area contributed by atoms with Crippen molar-refractivity contribution in [3.8, 4) is 6.01 Å². The van der Waals surface area contributed by atoms with Gasteiger partial charge >= 0.3 is 12.1 Å². The second-order valence-corrected chi connectivity index (χ2v) is 10.5. The molecule has 1 saturated carbocycles. The minimum Gasteiger partial charge on any atom is -0.465 e. The lowest BCUT2D eigenvalue weighted by molar-refractivity contribution is 0.114. The third kappa shape index (κ3) is 4.09. The molecular formula is C22H26BrF2N5O3. The number of halogens is 3. The van der Waals surface area contributed by atoms with Gasteiger partial charge in [0, 0.05) is 30.4 Å². The van der Waals surface area contributed by atoms with Crippen molar-refractivity contribution < 1.29 is 23.4 Å². The van der Waals surface area contributed by atoms with Gasteiger partial charge in [-0.1, -0.05) is 0 Å². The van der Waals surface area contributed by atoms with Crippen molar-refractivity contribution in [2.45, 2.75) is 37.8 Å². The van der Waals surface area contributed by atoms with Crippen LogP contribution in [0.2, 0.25) is 0 Å². The largest absolute Gasteiger partial charge is 0.465 e. The number of aromatic nitrogens is 2. The number of fused-ring (bicyclic) bond motifs is 3. The Labute approximate surface area is 198 Å². The molecule has 8 nitrogen and oxygen atoms in total. The number of anilines is 1. The molecule has 0 radical (unpaired) electrons. The fourth-order valence-electron chi connectivity index (χ4n) is 5.24. The average molecular weight is 526 g/mol. The van der Waals surface area contributed by atoms with Crippen LogP contribution >= 0.6 is 15.9 Å². The maximum atomic E-state index is 15.0. The molecule has 1 aliphatic carbocycles. The lowest BCUT2D eigenvalue weighted by Crippen LogP contribution is -2.55. The summed E-state index contributed by atoms with van der Waals surface area (Å²) in [7, 11) is 4.02. The summed E-state index contributed by atoms with van der Waals surface area (Å²) in [5, 5.41) is 9.81. The first-order valence-electron chi connectivity index (χ1n) is 11.1. The Balaban J connectivity index is 1.51. The number of hydrogen-bond donors (Lipinski definition) is 1. The van der Waals surface area contributed by atoms with E-state index in [1.807, 2.05) is 19.0 Å². The van der Waals surface area contributed by atoms with Gasteiger partial charge in [0.15, 0.2) is 5.82 Å². The van der Waals surface area contributed by atoms with Crippen LogP contribution in [0.3, 0.4) is 0 Å². The summed E-state index contributed by atoms with van der Waals surface area (Å²) in [4.78, 5) is 26.1. The zero-order valence-corrected chi connectivity index (χ0v) is 20.1. The predicted molar refractivity (Wildman–Crippen MR) is 122 cm³/mol. The van der Waals surface area contributed by atoms with Crippen LogP contribution in [-0.4, -0.2) is 83.4 Å². The molecule has 2 atom stereocenters. The quantitative estimate of drug-likeness (QED) is 0.575. The van der Waals surface area contributed by atoms with E-state index >= 15 is 4.39 Å². The maximum absolute atomic E-state index is 15.0. The van der Waals surface area contributed by atoms with Gasteiger partial charge in [-0.2, -0.15) is 9.97 Å². The summed E-state index contributed by atoms with van der Waals surface area (Å²) < 4.78 is 35.2. The molecule has 2 aromatic rings. The first-order chi connectivity index (χ1) is 15.7. The Morgan fingerprint density at radius 3 is 2.52 bits per heavy atom. The van der Waals surface area contributed by atoms with Gasteiger partial charge in [-0.05, 0) is 61.8 Å². The molecule has 1 N–H and O–H groups in total. The van der Waals surface area contributed by atoms with E-state index < -0.39 is 17.7 Å². The fraction of sp³-hybridized carbons (Fsp3) is 0.591. The molecule has 1 aromatic heterocycles. The molecule has 178 valence electrons. The van der Waals surface area contributed by atoms with Crippen LogP contribution in [-0.2, 0) is 0 Å². The molecule has 1 amide bonds. The molecule has 11 heteroatoms. The number of amides is 1. The van der Waals surface area contributed by atoms with Gasteiger partial charge in [-0.15, -0.1) is 0 Å². The topological polar surface area (TPSA) is 82.0 Å². The van der Waals surface area contributed by atoms with Gasteiger partial charge in [0.2, 0.25) is 0 Å². The van der Waals surface area contributed by atoms with Gasteiger partial charge in [0.1, 0.15) is 17.2 Å². The van der Waals surface area contributed by atoms with Gasteiger partial charge in [0.25, 0.3) is 0 Å². The van der Waals surface area contributed by atoms with Crippen molar-refractivity contribution in [3.05, 3.63) is 22.2 Å². The molecule has 5 rings (SSSR count). The molecule has 0 spiro atoms. The van der Waals surface area contributed by atoms with E-state index in [1.54, 1.807) is 0 Å². The highest BCUT2D eigenvalue weighted by molar-refractivity contribution is 9.10. The third-order valence-electron chi connectivity index (χ3n) is 6.91.